The van der Waals surface area contributed by atoms with Crippen LogP contribution in [0.1, 0.15) is 32.1 Å². The van der Waals surface area contributed by atoms with E-state index >= 15 is 0 Å². The van der Waals surface area contributed by atoms with E-state index in [1.54, 1.807) is 0 Å². The first-order valence-corrected chi connectivity index (χ1v) is 13.7. The van der Waals surface area contributed by atoms with E-state index in [1.165, 1.54) is 51.2 Å². The van der Waals surface area contributed by atoms with Crippen LogP contribution in [-0.4, -0.2) is 74.6 Å². The Labute approximate surface area is 199 Å². The van der Waals surface area contributed by atoms with Crippen LogP contribution in [0, 0.1) is 11.8 Å². The van der Waals surface area contributed by atoms with Gasteiger partial charge in [-0.15, -0.1) is 0 Å². The molecule has 3 amide bonds. The number of fused-ring (bicyclic) bond motifs is 1. The maximum atomic E-state index is 13.4. The zero-order valence-electron chi connectivity index (χ0n) is 19.4. The summed E-state index contributed by atoms with van der Waals surface area (Å²) in [5.41, 5.74) is 0.163. The van der Waals surface area contributed by atoms with Crippen LogP contribution in [0.5, 0.6) is 5.75 Å². The number of anilines is 1. The third kappa shape index (κ3) is 5.04. The van der Waals surface area contributed by atoms with Gasteiger partial charge in [-0.05, 0) is 49.5 Å². The van der Waals surface area contributed by atoms with Crippen molar-refractivity contribution in [3.63, 3.8) is 0 Å². The van der Waals surface area contributed by atoms with Crippen LogP contribution in [0.2, 0.25) is 0 Å². The van der Waals surface area contributed by atoms with E-state index < -0.39 is 22.0 Å². The maximum Gasteiger partial charge on any atom is 0.247 e. The number of rotatable bonds is 9. The number of hydrogen-bond acceptors (Lipinski definition) is 7. The molecule has 1 aromatic carbocycles. The first-order chi connectivity index (χ1) is 15.6. The van der Waals surface area contributed by atoms with Gasteiger partial charge in [0.1, 0.15) is 11.8 Å². The van der Waals surface area contributed by atoms with Crippen LogP contribution >= 0.6 is 11.8 Å². The van der Waals surface area contributed by atoms with Gasteiger partial charge in [0.05, 0.1) is 29.5 Å². The highest BCUT2D eigenvalue weighted by Gasteiger charge is 2.51. The molecule has 1 saturated carbocycles. The summed E-state index contributed by atoms with van der Waals surface area (Å²) >= 11 is 1.52. The smallest absolute Gasteiger partial charge is 0.247 e. The molecule has 1 saturated heterocycles. The minimum Gasteiger partial charge on any atom is -0.495 e. The summed E-state index contributed by atoms with van der Waals surface area (Å²) in [6, 6.07) is 3.21. The van der Waals surface area contributed by atoms with Crippen molar-refractivity contribution < 1.29 is 27.5 Å². The van der Waals surface area contributed by atoms with Gasteiger partial charge in [0.2, 0.25) is 27.7 Å². The number of nitrogens with one attached hydrogen (secondary N) is 1. The fourth-order valence-electron chi connectivity index (χ4n) is 4.47. The molecule has 1 heterocycles. The summed E-state index contributed by atoms with van der Waals surface area (Å²) in [7, 11) is 0.507. The zero-order chi connectivity index (χ0) is 24.3. The summed E-state index contributed by atoms with van der Waals surface area (Å²) in [5, 5.41) is 2.72. The molecule has 0 bridgehead atoms. The molecule has 3 rings (SSSR count). The molecular weight excluding hydrogens is 466 g/mol. The molecule has 1 aliphatic carbocycles. The van der Waals surface area contributed by atoms with Crippen molar-refractivity contribution in [3.8, 4) is 5.75 Å². The molecule has 9 nitrogen and oxygen atoms in total. The molecule has 11 heteroatoms. The fourth-order valence-corrected chi connectivity index (χ4v) is 5.86. The van der Waals surface area contributed by atoms with Crippen LogP contribution in [-0.2, 0) is 24.4 Å². The number of imide groups is 1. The number of amides is 3. The lowest BCUT2D eigenvalue weighted by Gasteiger charge is -2.26. The van der Waals surface area contributed by atoms with Crippen molar-refractivity contribution in [3.05, 3.63) is 18.2 Å². The molecule has 0 aromatic heterocycles. The number of hydrogen-bond donors (Lipinski definition) is 1. The number of carbonyl (C=O) groups excluding carboxylic acids is 3. The van der Waals surface area contributed by atoms with Crippen molar-refractivity contribution in [2.45, 2.75) is 43.0 Å². The Morgan fingerprint density at radius 1 is 1.21 bits per heavy atom. The van der Waals surface area contributed by atoms with Crippen LogP contribution < -0.4 is 10.1 Å². The van der Waals surface area contributed by atoms with Gasteiger partial charge in [-0.2, -0.15) is 11.8 Å². The van der Waals surface area contributed by atoms with E-state index in [-0.39, 0.29) is 40.0 Å². The average molecular weight is 498 g/mol. The molecule has 0 spiro atoms. The van der Waals surface area contributed by atoms with Gasteiger partial charge in [0, 0.05) is 14.1 Å². The molecule has 3 unspecified atom stereocenters. The highest BCUT2D eigenvalue weighted by Crippen LogP contribution is 2.39. The van der Waals surface area contributed by atoms with Crippen molar-refractivity contribution in [2.24, 2.45) is 11.8 Å². The normalized spacial score (nSPS) is 21.8. The predicted molar refractivity (Wildman–Crippen MR) is 127 cm³/mol. The topological polar surface area (TPSA) is 113 Å². The Hall–Kier alpha value is -2.11. The number of benzene rings is 1. The van der Waals surface area contributed by atoms with Crippen molar-refractivity contribution in [1.82, 2.24) is 9.21 Å². The van der Waals surface area contributed by atoms with E-state index in [0.717, 1.165) is 22.0 Å². The number of carbonyl (C=O) groups is 3. The third-order valence-electron chi connectivity index (χ3n) is 6.29. The molecule has 2 fully saturated rings. The fraction of sp³-hybridized carbons (Fsp3) is 0.591. The van der Waals surface area contributed by atoms with Gasteiger partial charge in [0.25, 0.3) is 0 Å². The monoisotopic (exact) mass is 497 g/mol. The lowest BCUT2D eigenvalue weighted by atomic mass is 9.81. The van der Waals surface area contributed by atoms with Crippen LogP contribution in [0.15, 0.2) is 23.1 Å². The van der Waals surface area contributed by atoms with Crippen molar-refractivity contribution >= 4 is 45.2 Å². The molecule has 182 valence electrons. The third-order valence-corrected chi connectivity index (χ3v) is 8.75. The van der Waals surface area contributed by atoms with Gasteiger partial charge >= 0.3 is 0 Å². The Balaban J connectivity index is 1.92. The average Bonchev–Trinajstić information content (AvgIpc) is 3.04. The molecule has 1 N–H and O–H groups in total. The molecule has 0 radical (unpaired) electrons. The minimum absolute atomic E-state index is 0.0105. The summed E-state index contributed by atoms with van der Waals surface area (Å²) in [6.07, 6.45) is 5.34. The van der Waals surface area contributed by atoms with Gasteiger partial charge in [0.15, 0.2) is 0 Å². The van der Waals surface area contributed by atoms with Crippen molar-refractivity contribution in [1.29, 1.82) is 0 Å². The maximum absolute atomic E-state index is 13.4. The first kappa shape index (κ1) is 25.5. The van der Waals surface area contributed by atoms with Crippen LogP contribution in [0.4, 0.5) is 5.69 Å². The van der Waals surface area contributed by atoms with Crippen LogP contribution in [0.3, 0.4) is 0 Å². The number of nitrogens with zero attached hydrogens (tertiary/aromatic N) is 2. The largest absolute Gasteiger partial charge is 0.495 e. The predicted octanol–water partition coefficient (Wildman–Crippen LogP) is 2.18. The van der Waals surface area contributed by atoms with Gasteiger partial charge < -0.3 is 10.1 Å². The molecule has 2 aliphatic rings. The second kappa shape index (κ2) is 10.4. The lowest BCUT2D eigenvalue weighted by molar-refractivity contribution is -0.146. The minimum atomic E-state index is -3.74. The van der Waals surface area contributed by atoms with E-state index in [0.29, 0.717) is 25.0 Å². The molecule has 3 atom stereocenters. The molecule has 1 aliphatic heterocycles. The Morgan fingerprint density at radius 3 is 2.33 bits per heavy atom. The number of likely N-dealkylation sites (tertiary alicyclic amines) is 1. The standard InChI is InChI=1S/C22H31N3O6S2/c1-24(2)33(29,30)14-9-10-19(31-3)17(13-14)23-20(26)18(11-12-32-4)25-21(27)15-7-5-6-8-16(15)22(25)28/h9-10,13,15-16,18H,5-8,11-12H2,1-4H3,(H,23,26). The van der Waals surface area contributed by atoms with E-state index in [4.69, 9.17) is 4.74 Å². The van der Waals surface area contributed by atoms with E-state index in [1.807, 2.05) is 6.26 Å². The Bertz CT molecular complexity index is 1000. The number of methoxy groups -OCH3 is 1. The quantitative estimate of drug-likeness (QED) is 0.520. The number of sulfonamides is 1. The van der Waals surface area contributed by atoms with Gasteiger partial charge in [-0.3, -0.25) is 19.3 Å². The van der Waals surface area contributed by atoms with Gasteiger partial charge in [-0.1, -0.05) is 12.8 Å². The second-order valence-corrected chi connectivity index (χ2v) is 11.6. The number of thioether (sulfide) groups is 1. The molecular formula is C22H31N3O6S2. The van der Waals surface area contributed by atoms with Gasteiger partial charge in [-0.25, -0.2) is 12.7 Å². The number of ether oxygens (including phenoxy) is 1. The zero-order valence-corrected chi connectivity index (χ0v) is 21.0. The summed E-state index contributed by atoms with van der Waals surface area (Å²) in [4.78, 5) is 40.7. The lowest BCUT2D eigenvalue weighted by Crippen LogP contribution is -2.48. The van der Waals surface area contributed by atoms with Crippen molar-refractivity contribution in [2.75, 3.05) is 38.5 Å². The Kier molecular flexibility index (Phi) is 8.07. The van der Waals surface area contributed by atoms with E-state index in [2.05, 4.69) is 5.32 Å². The highest BCUT2D eigenvalue weighted by atomic mass is 32.2. The summed E-state index contributed by atoms with van der Waals surface area (Å²) in [5.74, 6) is -0.933. The van der Waals surface area contributed by atoms with E-state index in [9.17, 15) is 22.8 Å². The van der Waals surface area contributed by atoms with Crippen LogP contribution in [0.25, 0.3) is 0 Å². The SMILES string of the molecule is COc1ccc(S(=O)(=O)N(C)C)cc1NC(=O)C(CCSC)N1C(=O)C2CCCCC2C1=O. The second-order valence-electron chi connectivity index (χ2n) is 8.48. The molecule has 33 heavy (non-hydrogen) atoms. The first-order valence-electron chi connectivity index (χ1n) is 10.9. The molecule has 1 aromatic rings. The summed E-state index contributed by atoms with van der Waals surface area (Å²) in [6.45, 7) is 0. The Morgan fingerprint density at radius 2 is 1.82 bits per heavy atom. The highest BCUT2D eigenvalue weighted by molar-refractivity contribution is 7.98. The summed E-state index contributed by atoms with van der Waals surface area (Å²) < 4.78 is 31.5.